The highest BCUT2D eigenvalue weighted by molar-refractivity contribution is 7.17. The number of esters is 1. The number of hydrogen-bond acceptors (Lipinski definition) is 8. The SMILES string of the molecule is CCNc1nc(C)c(C(=O)OC(C)C(=O)N(c2nccs2)C2CCCCC2)s1. The molecule has 1 N–H and O–H groups in total. The molecule has 1 unspecified atom stereocenters. The van der Waals surface area contributed by atoms with E-state index in [9.17, 15) is 9.59 Å². The minimum absolute atomic E-state index is 0.110. The van der Waals surface area contributed by atoms with Crippen molar-refractivity contribution in [1.82, 2.24) is 9.97 Å². The number of thiazole rings is 2. The second kappa shape index (κ2) is 9.47. The van der Waals surface area contributed by atoms with Gasteiger partial charge in [0.15, 0.2) is 16.4 Å². The van der Waals surface area contributed by atoms with Gasteiger partial charge in [0, 0.05) is 24.2 Å². The first-order valence-electron chi connectivity index (χ1n) is 9.66. The molecule has 1 saturated carbocycles. The van der Waals surface area contributed by atoms with Crippen LogP contribution in [0.4, 0.5) is 10.3 Å². The Labute approximate surface area is 173 Å². The molecule has 2 heterocycles. The molecule has 1 atom stereocenters. The van der Waals surface area contributed by atoms with E-state index in [2.05, 4.69) is 15.3 Å². The van der Waals surface area contributed by atoms with Crippen molar-refractivity contribution in [2.45, 2.75) is 65.0 Å². The van der Waals surface area contributed by atoms with E-state index in [1.165, 1.54) is 29.1 Å². The Hall–Kier alpha value is -2.00. The molecule has 0 aromatic carbocycles. The Morgan fingerprint density at radius 2 is 2.11 bits per heavy atom. The average Bonchev–Trinajstić information content (AvgIpc) is 3.33. The van der Waals surface area contributed by atoms with E-state index in [1.54, 1.807) is 24.9 Å². The summed E-state index contributed by atoms with van der Waals surface area (Å²) in [4.78, 5) is 36.6. The third-order valence-electron chi connectivity index (χ3n) is 4.74. The fraction of sp³-hybridized carbons (Fsp3) is 0.579. The van der Waals surface area contributed by atoms with Crippen LogP contribution >= 0.6 is 22.7 Å². The first-order chi connectivity index (χ1) is 13.5. The van der Waals surface area contributed by atoms with E-state index < -0.39 is 12.1 Å². The van der Waals surface area contributed by atoms with E-state index >= 15 is 0 Å². The monoisotopic (exact) mass is 422 g/mol. The van der Waals surface area contributed by atoms with Gasteiger partial charge in [-0.3, -0.25) is 9.69 Å². The van der Waals surface area contributed by atoms with Crippen LogP contribution in [0.3, 0.4) is 0 Å². The zero-order valence-electron chi connectivity index (χ0n) is 16.4. The van der Waals surface area contributed by atoms with E-state index in [0.717, 1.165) is 32.2 Å². The number of aromatic nitrogens is 2. The molecule has 1 aliphatic rings. The molecule has 1 amide bonds. The lowest BCUT2D eigenvalue weighted by Gasteiger charge is -2.33. The van der Waals surface area contributed by atoms with Gasteiger partial charge < -0.3 is 10.1 Å². The zero-order chi connectivity index (χ0) is 20.1. The van der Waals surface area contributed by atoms with Crippen molar-refractivity contribution in [3.8, 4) is 0 Å². The molecule has 7 nitrogen and oxygen atoms in total. The van der Waals surface area contributed by atoms with Crippen molar-refractivity contribution in [2.24, 2.45) is 0 Å². The maximum absolute atomic E-state index is 13.2. The first kappa shape index (κ1) is 20.7. The van der Waals surface area contributed by atoms with Gasteiger partial charge in [0.05, 0.1) is 5.69 Å². The van der Waals surface area contributed by atoms with E-state index in [0.29, 0.717) is 20.8 Å². The van der Waals surface area contributed by atoms with Gasteiger partial charge in [0.2, 0.25) is 0 Å². The highest BCUT2D eigenvalue weighted by Crippen LogP contribution is 2.30. The van der Waals surface area contributed by atoms with E-state index in [4.69, 9.17) is 4.74 Å². The van der Waals surface area contributed by atoms with Crippen LogP contribution in [0.15, 0.2) is 11.6 Å². The normalized spacial score (nSPS) is 15.8. The summed E-state index contributed by atoms with van der Waals surface area (Å²) in [6.45, 7) is 6.09. The largest absolute Gasteiger partial charge is 0.448 e. The Kier molecular flexibility index (Phi) is 7.01. The van der Waals surface area contributed by atoms with Crippen LogP contribution in [0.2, 0.25) is 0 Å². The van der Waals surface area contributed by atoms with Gasteiger partial charge in [-0.05, 0) is 33.6 Å². The minimum Gasteiger partial charge on any atom is -0.448 e. The fourth-order valence-corrected chi connectivity index (χ4v) is 5.01. The maximum atomic E-state index is 13.2. The lowest BCUT2D eigenvalue weighted by Crippen LogP contribution is -2.47. The lowest BCUT2D eigenvalue weighted by atomic mass is 9.94. The molecular formula is C19H26N4O3S2. The molecule has 0 bridgehead atoms. The lowest BCUT2D eigenvalue weighted by molar-refractivity contribution is -0.127. The number of hydrogen-bond donors (Lipinski definition) is 1. The molecule has 3 rings (SSSR count). The predicted molar refractivity (Wildman–Crippen MR) is 112 cm³/mol. The first-order valence-corrected chi connectivity index (χ1v) is 11.4. The van der Waals surface area contributed by atoms with Gasteiger partial charge >= 0.3 is 5.97 Å². The van der Waals surface area contributed by atoms with Gasteiger partial charge in [-0.2, -0.15) is 0 Å². The Morgan fingerprint density at radius 3 is 2.75 bits per heavy atom. The van der Waals surface area contributed by atoms with Crippen LogP contribution < -0.4 is 10.2 Å². The second-order valence-corrected chi connectivity index (χ2v) is 8.70. The number of ether oxygens (including phenoxy) is 1. The molecule has 28 heavy (non-hydrogen) atoms. The standard InChI is InChI=1S/C19H26N4O3S2/c1-4-20-18-22-12(2)15(28-18)17(25)26-13(3)16(24)23(19-21-10-11-27-19)14-8-6-5-7-9-14/h10-11,13-14H,4-9H2,1-3H3,(H,20,22). The minimum atomic E-state index is -0.887. The summed E-state index contributed by atoms with van der Waals surface area (Å²) < 4.78 is 5.53. The number of anilines is 2. The van der Waals surface area contributed by atoms with Gasteiger partial charge in [0.25, 0.3) is 5.91 Å². The maximum Gasteiger partial charge on any atom is 0.351 e. The van der Waals surface area contributed by atoms with Crippen molar-refractivity contribution in [1.29, 1.82) is 0 Å². The molecule has 0 spiro atoms. The van der Waals surface area contributed by atoms with Crippen molar-refractivity contribution in [3.05, 3.63) is 22.1 Å². The summed E-state index contributed by atoms with van der Waals surface area (Å²) >= 11 is 2.68. The molecule has 1 aliphatic carbocycles. The third kappa shape index (κ3) is 4.70. The van der Waals surface area contributed by atoms with Gasteiger partial charge in [-0.1, -0.05) is 30.6 Å². The summed E-state index contributed by atoms with van der Waals surface area (Å²) in [5, 5.41) is 6.30. The molecule has 9 heteroatoms. The van der Waals surface area contributed by atoms with Crippen LogP contribution in [-0.2, 0) is 9.53 Å². The molecular weight excluding hydrogens is 396 g/mol. The smallest absolute Gasteiger partial charge is 0.351 e. The van der Waals surface area contributed by atoms with Gasteiger partial charge in [0.1, 0.15) is 4.88 Å². The van der Waals surface area contributed by atoms with Gasteiger partial charge in [-0.25, -0.2) is 14.8 Å². The number of carbonyl (C=O) groups excluding carboxylic acids is 2. The van der Waals surface area contributed by atoms with Crippen LogP contribution in [0.5, 0.6) is 0 Å². The summed E-state index contributed by atoms with van der Waals surface area (Å²) in [5.41, 5.74) is 0.606. The fourth-order valence-electron chi connectivity index (χ4n) is 3.38. The number of carbonyl (C=O) groups is 2. The van der Waals surface area contributed by atoms with Crippen molar-refractivity contribution >= 4 is 44.8 Å². The topological polar surface area (TPSA) is 84.4 Å². The van der Waals surface area contributed by atoms with Crippen LogP contribution in [0, 0.1) is 6.92 Å². The predicted octanol–water partition coefficient (Wildman–Crippen LogP) is 4.25. The second-order valence-electron chi connectivity index (χ2n) is 6.83. The summed E-state index contributed by atoms with van der Waals surface area (Å²) in [6, 6.07) is 0.110. The highest BCUT2D eigenvalue weighted by atomic mass is 32.1. The third-order valence-corrected chi connectivity index (χ3v) is 6.61. The molecule has 152 valence electrons. The van der Waals surface area contributed by atoms with Crippen LogP contribution in [0.1, 0.15) is 61.3 Å². The molecule has 0 aliphatic heterocycles. The number of rotatable bonds is 7. The molecule has 1 fully saturated rings. The Morgan fingerprint density at radius 1 is 1.36 bits per heavy atom. The van der Waals surface area contributed by atoms with Gasteiger partial charge in [-0.15, -0.1) is 11.3 Å². The number of aryl methyl sites for hydroxylation is 1. The number of nitrogens with zero attached hydrogens (tertiary/aromatic N) is 3. The number of nitrogens with one attached hydrogen (secondary N) is 1. The highest BCUT2D eigenvalue weighted by Gasteiger charge is 2.33. The molecule has 0 saturated heterocycles. The van der Waals surface area contributed by atoms with Crippen LogP contribution in [0.25, 0.3) is 0 Å². The zero-order valence-corrected chi connectivity index (χ0v) is 18.1. The van der Waals surface area contributed by atoms with E-state index in [1.807, 2.05) is 12.3 Å². The van der Waals surface area contributed by atoms with Crippen molar-refractivity contribution < 1.29 is 14.3 Å². The quantitative estimate of drug-likeness (QED) is 0.672. The average molecular weight is 423 g/mol. The summed E-state index contributed by atoms with van der Waals surface area (Å²) in [7, 11) is 0. The summed E-state index contributed by atoms with van der Waals surface area (Å²) in [6.07, 6.45) is 6.10. The molecule has 2 aromatic heterocycles. The van der Waals surface area contributed by atoms with Crippen molar-refractivity contribution in [2.75, 3.05) is 16.8 Å². The number of amides is 1. The molecule has 0 radical (unpaired) electrons. The Bertz CT molecular complexity index is 800. The Balaban J connectivity index is 1.73. The molecule has 2 aromatic rings. The van der Waals surface area contributed by atoms with Crippen LogP contribution in [-0.4, -0.2) is 40.5 Å². The van der Waals surface area contributed by atoms with Crippen molar-refractivity contribution in [3.63, 3.8) is 0 Å². The summed E-state index contributed by atoms with van der Waals surface area (Å²) in [5.74, 6) is -0.730. The van der Waals surface area contributed by atoms with E-state index in [-0.39, 0.29) is 11.9 Å².